The second kappa shape index (κ2) is 42.0. The number of esters is 1. The van der Waals surface area contributed by atoms with Gasteiger partial charge in [-0.1, -0.05) is 199 Å². The summed E-state index contributed by atoms with van der Waals surface area (Å²) in [5.74, 6) is -0.398. The van der Waals surface area contributed by atoms with Crippen LogP contribution in [-0.2, 0) is 38.3 Å². The van der Waals surface area contributed by atoms with Crippen molar-refractivity contribution in [1.82, 2.24) is 0 Å². The smallest absolute Gasteiger partial charge is 0.397 e. The molecule has 1 heterocycles. The highest BCUT2D eigenvalue weighted by Crippen LogP contribution is 2.26. The van der Waals surface area contributed by atoms with Crippen LogP contribution in [0, 0.1) is 0 Å². The number of carbonyl (C=O) groups is 1. The molecule has 0 aromatic rings. The average Bonchev–Trinajstić information content (AvgIpc) is 3.26. The fraction of sp³-hybridized carbons (Fsp3) is 0.900. The van der Waals surface area contributed by atoms with Gasteiger partial charge in [0.2, 0.25) is 0 Å². The highest BCUT2D eigenvalue weighted by Gasteiger charge is 2.48. The summed E-state index contributed by atoms with van der Waals surface area (Å²) in [6, 6.07) is 0. The van der Waals surface area contributed by atoms with E-state index < -0.39 is 59.8 Å². The zero-order valence-electron chi connectivity index (χ0n) is 39.9. The first kappa shape index (κ1) is 59.6. The standard InChI is InChI=1S/C50H94O12S/c1-3-5-7-9-11-13-15-17-19-21-22-23-25-27-29-31-33-35-37-39-46(52)60-44(43-59-50-48(54)49(62-63(55,56)57)47(53)45(41-51)61-50)42-58-40-38-36-34-32-30-28-26-24-20-18-16-14-12-10-8-6-4-2/h14,16,20,24,44-45,47-51,53-54H,3-13,15,17-19,21-23,25-43H2,1-2H3,(H,55,56,57)/b16-14-,24-20-. The summed E-state index contributed by atoms with van der Waals surface area (Å²) in [4.78, 5) is 12.9. The van der Waals surface area contributed by atoms with Gasteiger partial charge in [-0.2, -0.15) is 8.42 Å². The van der Waals surface area contributed by atoms with Crippen molar-refractivity contribution < 1.29 is 56.2 Å². The summed E-state index contributed by atoms with van der Waals surface area (Å²) in [5.41, 5.74) is 0. The molecule has 0 aliphatic carbocycles. The van der Waals surface area contributed by atoms with E-state index in [1.165, 1.54) is 141 Å². The summed E-state index contributed by atoms with van der Waals surface area (Å²) in [6.45, 7) is 3.99. The maximum atomic E-state index is 12.9. The highest BCUT2D eigenvalue weighted by molar-refractivity contribution is 7.80. The van der Waals surface area contributed by atoms with E-state index in [1.54, 1.807) is 0 Å². The molecular weight excluding hydrogens is 825 g/mol. The van der Waals surface area contributed by atoms with Gasteiger partial charge in [-0.25, -0.2) is 4.18 Å². The molecule has 1 aliphatic heterocycles. The Morgan fingerprint density at radius 2 is 1.05 bits per heavy atom. The van der Waals surface area contributed by atoms with Crippen LogP contribution in [0.3, 0.4) is 0 Å². The van der Waals surface area contributed by atoms with E-state index >= 15 is 0 Å². The minimum atomic E-state index is -5.06. The van der Waals surface area contributed by atoms with Crippen molar-refractivity contribution in [2.45, 2.75) is 263 Å². The molecular formula is C50H94O12S. The van der Waals surface area contributed by atoms with Crippen molar-refractivity contribution >= 4 is 16.4 Å². The molecule has 0 saturated carbocycles. The van der Waals surface area contributed by atoms with Crippen molar-refractivity contribution in [3.63, 3.8) is 0 Å². The lowest BCUT2D eigenvalue weighted by atomic mass is 9.99. The third-order valence-electron chi connectivity index (χ3n) is 11.8. The molecule has 12 nitrogen and oxygen atoms in total. The van der Waals surface area contributed by atoms with E-state index in [-0.39, 0.29) is 19.6 Å². The van der Waals surface area contributed by atoms with Gasteiger partial charge < -0.3 is 34.3 Å². The molecule has 372 valence electrons. The predicted molar refractivity (Wildman–Crippen MR) is 253 cm³/mol. The van der Waals surface area contributed by atoms with Gasteiger partial charge in [0.25, 0.3) is 0 Å². The summed E-state index contributed by atoms with van der Waals surface area (Å²) in [7, 11) is -5.06. The maximum Gasteiger partial charge on any atom is 0.397 e. The number of unbranched alkanes of at least 4 members (excludes halogenated alkanes) is 28. The van der Waals surface area contributed by atoms with Crippen LogP contribution in [0.2, 0.25) is 0 Å². The Hall–Kier alpha value is -1.42. The molecule has 63 heavy (non-hydrogen) atoms. The first-order chi connectivity index (χ1) is 30.6. The van der Waals surface area contributed by atoms with Gasteiger partial charge >= 0.3 is 16.4 Å². The van der Waals surface area contributed by atoms with Gasteiger partial charge in [0, 0.05) is 13.0 Å². The molecule has 1 fully saturated rings. The molecule has 1 aliphatic rings. The molecule has 0 radical (unpaired) electrons. The zero-order chi connectivity index (χ0) is 46.1. The lowest BCUT2D eigenvalue weighted by molar-refractivity contribution is -0.301. The van der Waals surface area contributed by atoms with Crippen LogP contribution in [0.15, 0.2) is 24.3 Å². The van der Waals surface area contributed by atoms with Gasteiger partial charge in [-0.3, -0.25) is 9.35 Å². The Labute approximate surface area is 384 Å². The Bertz CT molecular complexity index is 1200. The molecule has 0 spiro atoms. The average molecular weight is 919 g/mol. The van der Waals surface area contributed by atoms with Crippen molar-refractivity contribution in [1.29, 1.82) is 0 Å². The number of hydrogen-bond acceptors (Lipinski definition) is 11. The van der Waals surface area contributed by atoms with E-state index in [9.17, 15) is 33.1 Å². The molecule has 0 amide bonds. The zero-order valence-corrected chi connectivity index (χ0v) is 40.7. The summed E-state index contributed by atoms with van der Waals surface area (Å²) in [6.07, 6.45) is 39.2. The fourth-order valence-electron chi connectivity index (χ4n) is 7.94. The fourth-order valence-corrected chi connectivity index (χ4v) is 8.45. The molecule has 0 aromatic carbocycles. The van der Waals surface area contributed by atoms with E-state index in [4.69, 9.17) is 18.9 Å². The van der Waals surface area contributed by atoms with Crippen molar-refractivity contribution in [3.8, 4) is 0 Å². The third kappa shape index (κ3) is 35.4. The second-order valence-electron chi connectivity index (χ2n) is 17.8. The van der Waals surface area contributed by atoms with Crippen LogP contribution in [0.4, 0.5) is 0 Å². The first-order valence-corrected chi connectivity index (χ1v) is 27.0. The molecule has 0 bridgehead atoms. The first-order valence-electron chi connectivity index (χ1n) is 25.6. The lowest BCUT2D eigenvalue weighted by Crippen LogP contribution is -2.60. The van der Waals surface area contributed by atoms with Gasteiger partial charge in [-0.05, 0) is 44.9 Å². The molecule has 4 N–H and O–H groups in total. The van der Waals surface area contributed by atoms with E-state index in [0.29, 0.717) is 13.0 Å². The van der Waals surface area contributed by atoms with Crippen molar-refractivity contribution in [2.24, 2.45) is 0 Å². The van der Waals surface area contributed by atoms with Crippen molar-refractivity contribution in [2.75, 3.05) is 26.4 Å². The molecule has 6 atom stereocenters. The Morgan fingerprint density at radius 1 is 0.603 bits per heavy atom. The maximum absolute atomic E-state index is 12.9. The van der Waals surface area contributed by atoms with E-state index in [0.717, 1.165) is 57.8 Å². The normalized spacial score (nSPS) is 20.0. The van der Waals surface area contributed by atoms with Crippen LogP contribution in [0.1, 0.15) is 226 Å². The number of rotatable bonds is 45. The van der Waals surface area contributed by atoms with Gasteiger partial charge in [-0.15, -0.1) is 0 Å². The number of allylic oxidation sites excluding steroid dienone is 4. The predicted octanol–water partition coefficient (Wildman–Crippen LogP) is 11.6. The lowest BCUT2D eigenvalue weighted by Gasteiger charge is -2.41. The highest BCUT2D eigenvalue weighted by atomic mass is 32.3. The van der Waals surface area contributed by atoms with Gasteiger partial charge in [0.15, 0.2) is 6.29 Å². The SMILES string of the molecule is CCCCCC/C=C\C/C=C\CCCCCCCCOCC(COC1OC(CO)C(O)C(OS(=O)(=O)O)C1O)OC(=O)CCCCCCCCCCCCCCCCCCCCC. The Morgan fingerprint density at radius 3 is 1.52 bits per heavy atom. The topological polar surface area (TPSA) is 178 Å². The second-order valence-corrected chi connectivity index (χ2v) is 18.8. The van der Waals surface area contributed by atoms with Crippen LogP contribution >= 0.6 is 0 Å². The summed E-state index contributed by atoms with van der Waals surface area (Å²) >= 11 is 0. The van der Waals surface area contributed by atoms with Crippen LogP contribution < -0.4 is 0 Å². The quantitative estimate of drug-likeness (QED) is 0.0197. The van der Waals surface area contributed by atoms with Crippen LogP contribution in [-0.4, -0.2) is 97.5 Å². The number of aliphatic hydroxyl groups is 3. The number of aliphatic hydroxyl groups excluding tert-OH is 3. The summed E-state index contributed by atoms with van der Waals surface area (Å²) < 4.78 is 59.2. The van der Waals surface area contributed by atoms with Gasteiger partial charge in [0.1, 0.15) is 30.5 Å². The molecule has 1 saturated heterocycles. The number of hydrogen-bond donors (Lipinski definition) is 4. The number of ether oxygens (including phenoxy) is 4. The van der Waals surface area contributed by atoms with E-state index in [2.05, 4.69) is 42.3 Å². The molecule has 0 aromatic heterocycles. The minimum Gasteiger partial charge on any atom is -0.457 e. The van der Waals surface area contributed by atoms with Crippen LogP contribution in [0.25, 0.3) is 0 Å². The Kier molecular flexibility index (Phi) is 39.7. The Balaban J connectivity index is 2.36. The molecule has 6 unspecified atom stereocenters. The van der Waals surface area contributed by atoms with Crippen molar-refractivity contribution in [3.05, 3.63) is 24.3 Å². The van der Waals surface area contributed by atoms with Crippen LogP contribution in [0.5, 0.6) is 0 Å². The van der Waals surface area contributed by atoms with E-state index in [1.807, 2.05) is 0 Å². The van der Waals surface area contributed by atoms with Gasteiger partial charge in [0.05, 0.1) is 19.8 Å². The molecule has 1 rings (SSSR count). The molecule has 13 heteroatoms. The largest absolute Gasteiger partial charge is 0.457 e. The number of carbonyl (C=O) groups excluding carboxylic acids is 1. The minimum absolute atomic E-state index is 0.0329. The third-order valence-corrected chi connectivity index (χ3v) is 12.3. The monoisotopic (exact) mass is 919 g/mol. The summed E-state index contributed by atoms with van der Waals surface area (Å²) in [5, 5.41) is 30.7.